The van der Waals surface area contributed by atoms with Crippen LogP contribution in [0.5, 0.6) is 0 Å². The van der Waals surface area contributed by atoms with Crippen LogP contribution in [0, 0.1) is 0 Å². The number of hydrogen-bond acceptors (Lipinski definition) is 3. The highest BCUT2D eigenvalue weighted by atomic mass is 32.2. The van der Waals surface area contributed by atoms with Crippen molar-refractivity contribution in [2.45, 2.75) is 30.4 Å². The summed E-state index contributed by atoms with van der Waals surface area (Å²) in [4.78, 5) is 14.3. The van der Waals surface area contributed by atoms with E-state index >= 15 is 0 Å². The molecule has 1 rings (SSSR count). The minimum atomic E-state index is -0.107. The number of aliphatic hydroxyl groups is 1. The van der Waals surface area contributed by atoms with Gasteiger partial charge in [-0.05, 0) is 24.3 Å². The average Bonchev–Trinajstić information content (AvgIpc) is 2.28. The fraction of sp³-hybridized carbons (Fsp3) is 0.462. The number of anilines is 1. The van der Waals surface area contributed by atoms with E-state index in [0.29, 0.717) is 5.25 Å². The largest absolute Gasteiger partial charge is 0.396 e. The van der Waals surface area contributed by atoms with Crippen LogP contribution in [-0.4, -0.2) is 29.9 Å². The van der Waals surface area contributed by atoms with Crippen molar-refractivity contribution in [3.8, 4) is 0 Å². The van der Waals surface area contributed by atoms with Gasteiger partial charge in [0.1, 0.15) is 0 Å². The lowest BCUT2D eigenvalue weighted by atomic mass is 10.3. The van der Waals surface area contributed by atoms with Crippen LogP contribution in [0.4, 0.5) is 5.69 Å². The van der Waals surface area contributed by atoms with E-state index in [1.165, 1.54) is 4.90 Å². The molecule has 0 spiro atoms. The molecule has 0 saturated carbocycles. The van der Waals surface area contributed by atoms with Gasteiger partial charge in [-0.2, -0.15) is 0 Å². The van der Waals surface area contributed by atoms with Crippen molar-refractivity contribution in [2.24, 2.45) is 0 Å². The molecule has 0 saturated heterocycles. The Kier molecular flexibility index (Phi) is 5.51. The van der Waals surface area contributed by atoms with Crippen molar-refractivity contribution in [1.82, 2.24) is 0 Å². The third kappa shape index (κ3) is 4.40. The maximum absolute atomic E-state index is 11.6. The van der Waals surface area contributed by atoms with Crippen molar-refractivity contribution in [3.05, 3.63) is 24.3 Å². The third-order valence-corrected chi connectivity index (χ3v) is 3.31. The highest BCUT2D eigenvalue weighted by Crippen LogP contribution is 2.25. The predicted molar refractivity (Wildman–Crippen MR) is 72.5 cm³/mol. The molecule has 1 aromatic carbocycles. The second-order valence-corrected chi connectivity index (χ2v) is 5.74. The van der Waals surface area contributed by atoms with Gasteiger partial charge < -0.3 is 10.0 Å². The number of rotatable bonds is 5. The molecule has 0 aliphatic carbocycles. The standard InChI is InChI=1S/C13H19NO2S/c1-10(2)17-12-6-4-11(5-7-12)14(3)13(16)8-9-15/h4-7,10,15H,8-9H2,1-3H3. The van der Waals surface area contributed by atoms with Crippen LogP contribution in [0.15, 0.2) is 29.2 Å². The Bertz CT molecular complexity index is 362. The molecule has 0 aliphatic rings. The molecule has 0 atom stereocenters. The van der Waals surface area contributed by atoms with Crippen LogP contribution in [0.2, 0.25) is 0 Å². The Labute approximate surface area is 107 Å². The van der Waals surface area contributed by atoms with Crippen LogP contribution in [0.3, 0.4) is 0 Å². The van der Waals surface area contributed by atoms with E-state index < -0.39 is 0 Å². The molecule has 4 heteroatoms. The highest BCUT2D eigenvalue weighted by Gasteiger charge is 2.09. The summed E-state index contributed by atoms with van der Waals surface area (Å²) in [6.07, 6.45) is 0.166. The van der Waals surface area contributed by atoms with Crippen molar-refractivity contribution < 1.29 is 9.90 Å². The number of aliphatic hydroxyl groups excluding tert-OH is 1. The van der Waals surface area contributed by atoms with Crippen molar-refractivity contribution >= 4 is 23.4 Å². The normalized spacial score (nSPS) is 10.6. The molecule has 3 nitrogen and oxygen atoms in total. The van der Waals surface area contributed by atoms with Crippen LogP contribution >= 0.6 is 11.8 Å². The number of carbonyl (C=O) groups is 1. The number of carbonyl (C=O) groups excluding carboxylic acids is 1. The summed E-state index contributed by atoms with van der Waals surface area (Å²) >= 11 is 1.79. The van der Waals surface area contributed by atoms with Crippen molar-refractivity contribution in [1.29, 1.82) is 0 Å². The Hall–Kier alpha value is -1.00. The minimum Gasteiger partial charge on any atom is -0.396 e. The lowest BCUT2D eigenvalue weighted by molar-refractivity contribution is -0.118. The zero-order chi connectivity index (χ0) is 12.8. The molecule has 17 heavy (non-hydrogen) atoms. The van der Waals surface area contributed by atoms with Crippen molar-refractivity contribution in [3.63, 3.8) is 0 Å². The summed E-state index contributed by atoms with van der Waals surface area (Å²) in [7, 11) is 1.72. The maximum Gasteiger partial charge on any atom is 0.229 e. The van der Waals surface area contributed by atoms with E-state index in [1.807, 2.05) is 24.3 Å². The van der Waals surface area contributed by atoms with E-state index in [1.54, 1.807) is 23.7 Å². The van der Waals surface area contributed by atoms with E-state index in [4.69, 9.17) is 5.11 Å². The second kappa shape index (κ2) is 6.67. The molecule has 0 radical (unpaired) electrons. The average molecular weight is 253 g/mol. The lowest BCUT2D eigenvalue weighted by Gasteiger charge is -2.17. The zero-order valence-corrected chi connectivity index (χ0v) is 11.3. The van der Waals surface area contributed by atoms with Crippen LogP contribution in [0.1, 0.15) is 20.3 Å². The summed E-state index contributed by atoms with van der Waals surface area (Å²) in [5.74, 6) is -0.0724. The van der Waals surface area contributed by atoms with Gasteiger partial charge in [0.15, 0.2) is 0 Å². The first-order chi connectivity index (χ1) is 8.04. The molecule has 1 amide bonds. The Morgan fingerprint density at radius 1 is 1.35 bits per heavy atom. The molecule has 1 aromatic rings. The Balaban J connectivity index is 2.70. The molecule has 0 aliphatic heterocycles. The second-order valence-electron chi connectivity index (χ2n) is 4.09. The fourth-order valence-corrected chi connectivity index (χ4v) is 2.27. The van der Waals surface area contributed by atoms with Gasteiger partial charge >= 0.3 is 0 Å². The summed E-state index contributed by atoms with van der Waals surface area (Å²) in [5, 5.41) is 9.28. The first-order valence-electron chi connectivity index (χ1n) is 5.68. The van der Waals surface area contributed by atoms with Crippen LogP contribution in [0.25, 0.3) is 0 Å². The number of amides is 1. The van der Waals surface area contributed by atoms with Crippen molar-refractivity contribution in [2.75, 3.05) is 18.6 Å². The molecule has 0 aromatic heterocycles. The molecule has 1 N–H and O–H groups in total. The molecule has 0 bridgehead atoms. The summed E-state index contributed by atoms with van der Waals surface area (Å²) < 4.78 is 0. The number of hydrogen-bond donors (Lipinski definition) is 1. The van der Waals surface area contributed by atoms with E-state index in [-0.39, 0.29) is 18.9 Å². The highest BCUT2D eigenvalue weighted by molar-refractivity contribution is 7.99. The first kappa shape index (κ1) is 14.1. The predicted octanol–water partition coefficient (Wildman–Crippen LogP) is 2.53. The quantitative estimate of drug-likeness (QED) is 0.820. The molecular weight excluding hydrogens is 234 g/mol. The summed E-state index contributed by atoms with van der Waals surface area (Å²) in [5.41, 5.74) is 0.858. The number of benzene rings is 1. The van der Waals surface area contributed by atoms with Gasteiger partial charge in [-0.3, -0.25) is 4.79 Å². The number of nitrogens with zero attached hydrogens (tertiary/aromatic N) is 1. The molecule has 0 fully saturated rings. The van der Waals surface area contributed by atoms with Gasteiger partial charge in [0.25, 0.3) is 0 Å². The zero-order valence-electron chi connectivity index (χ0n) is 10.5. The topological polar surface area (TPSA) is 40.5 Å². The van der Waals surface area contributed by atoms with Crippen LogP contribution < -0.4 is 4.90 Å². The summed E-state index contributed by atoms with van der Waals surface area (Å²) in [6.45, 7) is 4.19. The molecular formula is C13H19NO2S. The summed E-state index contributed by atoms with van der Waals surface area (Å²) in [6, 6.07) is 7.89. The van der Waals surface area contributed by atoms with E-state index in [2.05, 4.69) is 13.8 Å². The maximum atomic E-state index is 11.6. The number of thioether (sulfide) groups is 1. The van der Waals surface area contributed by atoms with Gasteiger partial charge in [-0.1, -0.05) is 13.8 Å². The van der Waals surface area contributed by atoms with Gasteiger partial charge in [-0.15, -0.1) is 11.8 Å². The van der Waals surface area contributed by atoms with E-state index in [9.17, 15) is 4.79 Å². The SMILES string of the molecule is CC(C)Sc1ccc(N(C)C(=O)CCO)cc1. The smallest absolute Gasteiger partial charge is 0.229 e. The molecule has 0 heterocycles. The lowest BCUT2D eigenvalue weighted by Crippen LogP contribution is -2.26. The Morgan fingerprint density at radius 3 is 2.41 bits per heavy atom. The fourth-order valence-electron chi connectivity index (χ4n) is 1.43. The monoisotopic (exact) mass is 253 g/mol. The van der Waals surface area contributed by atoms with E-state index in [0.717, 1.165) is 5.69 Å². The Morgan fingerprint density at radius 2 is 1.94 bits per heavy atom. The van der Waals surface area contributed by atoms with Gasteiger partial charge in [0.2, 0.25) is 5.91 Å². The van der Waals surface area contributed by atoms with Gasteiger partial charge in [-0.25, -0.2) is 0 Å². The third-order valence-electron chi connectivity index (χ3n) is 2.30. The van der Waals surface area contributed by atoms with Crippen LogP contribution in [-0.2, 0) is 4.79 Å². The molecule has 94 valence electrons. The molecule has 0 unspecified atom stereocenters. The first-order valence-corrected chi connectivity index (χ1v) is 6.56. The minimum absolute atomic E-state index is 0.0724. The van der Waals surface area contributed by atoms with Gasteiger partial charge in [0.05, 0.1) is 13.0 Å². The van der Waals surface area contributed by atoms with Gasteiger partial charge in [0, 0.05) is 22.9 Å².